The molecular weight excluding hydrogens is 242 g/mol. The van der Waals surface area contributed by atoms with Gasteiger partial charge >= 0.3 is 0 Å². The van der Waals surface area contributed by atoms with Crippen LogP contribution in [0.15, 0.2) is 18.2 Å². The molecular formula is C15H23NO3. The molecule has 0 heterocycles. The summed E-state index contributed by atoms with van der Waals surface area (Å²) >= 11 is 0. The van der Waals surface area contributed by atoms with Crippen molar-refractivity contribution in [3.63, 3.8) is 0 Å². The maximum Gasteiger partial charge on any atom is 0.128 e. The molecule has 0 saturated heterocycles. The molecule has 19 heavy (non-hydrogen) atoms. The monoisotopic (exact) mass is 265 g/mol. The number of nitrogens with one attached hydrogen (secondary N) is 1. The molecule has 0 amide bonds. The Kier molecular flexibility index (Phi) is 5.48. The van der Waals surface area contributed by atoms with Gasteiger partial charge in [0, 0.05) is 18.2 Å². The molecule has 0 aliphatic heterocycles. The first-order chi connectivity index (χ1) is 9.33. The number of methoxy groups -OCH3 is 2. The van der Waals surface area contributed by atoms with E-state index in [1.54, 1.807) is 14.2 Å². The van der Waals surface area contributed by atoms with Crippen molar-refractivity contribution < 1.29 is 14.3 Å². The lowest BCUT2D eigenvalue weighted by Gasteiger charge is -2.13. The number of ether oxygens (including phenoxy) is 2. The first kappa shape index (κ1) is 14.2. The van der Waals surface area contributed by atoms with Crippen LogP contribution in [0.4, 0.5) is 0 Å². The molecule has 0 atom stereocenters. The lowest BCUT2D eigenvalue weighted by atomic mass is 10.1. The highest BCUT2D eigenvalue weighted by Gasteiger charge is 2.14. The molecule has 4 nitrogen and oxygen atoms in total. The van der Waals surface area contributed by atoms with Crippen molar-refractivity contribution in [2.75, 3.05) is 20.8 Å². The Balaban J connectivity index is 1.78. The van der Waals surface area contributed by atoms with Gasteiger partial charge in [0.1, 0.15) is 11.5 Å². The predicted octanol–water partition coefficient (Wildman–Crippen LogP) is 2.92. The molecule has 1 saturated carbocycles. The number of rotatable bonds is 7. The molecule has 1 N–H and O–H groups in total. The van der Waals surface area contributed by atoms with Crippen LogP contribution in [0.25, 0.3) is 0 Å². The van der Waals surface area contributed by atoms with Gasteiger partial charge in [0.15, 0.2) is 0 Å². The van der Waals surface area contributed by atoms with Crippen molar-refractivity contribution in [2.45, 2.75) is 32.3 Å². The Bertz CT molecular complexity index is 389. The third-order valence-corrected chi connectivity index (χ3v) is 3.67. The van der Waals surface area contributed by atoms with Gasteiger partial charge in [0.2, 0.25) is 0 Å². The van der Waals surface area contributed by atoms with E-state index in [1.807, 2.05) is 18.2 Å². The summed E-state index contributed by atoms with van der Waals surface area (Å²) in [5.74, 6) is 2.36. The summed E-state index contributed by atoms with van der Waals surface area (Å²) in [6.07, 6.45) is 5.36. The maximum absolute atomic E-state index is 5.53. The van der Waals surface area contributed by atoms with Crippen molar-refractivity contribution >= 4 is 0 Å². The van der Waals surface area contributed by atoms with E-state index in [0.717, 1.165) is 29.5 Å². The maximum atomic E-state index is 5.53. The lowest BCUT2D eigenvalue weighted by molar-refractivity contribution is 0.0191. The molecule has 1 aromatic rings. The first-order valence-electron chi connectivity index (χ1n) is 6.89. The number of hydroxylamine groups is 1. The molecule has 1 fully saturated rings. The first-order valence-corrected chi connectivity index (χ1v) is 6.89. The molecule has 0 aromatic heterocycles. The predicted molar refractivity (Wildman–Crippen MR) is 74.3 cm³/mol. The molecule has 1 aliphatic carbocycles. The van der Waals surface area contributed by atoms with Crippen LogP contribution in [-0.2, 0) is 11.4 Å². The van der Waals surface area contributed by atoms with Crippen molar-refractivity contribution in [3.8, 4) is 11.5 Å². The highest BCUT2D eigenvalue weighted by molar-refractivity contribution is 5.40. The molecule has 4 heteroatoms. The van der Waals surface area contributed by atoms with E-state index in [4.69, 9.17) is 14.3 Å². The number of hydrogen-bond acceptors (Lipinski definition) is 4. The Morgan fingerprint density at radius 3 is 2.63 bits per heavy atom. The normalized spacial score (nSPS) is 15.7. The smallest absolute Gasteiger partial charge is 0.128 e. The van der Waals surface area contributed by atoms with E-state index in [9.17, 15) is 0 Å². The largest absolute Gasteiger partial charge is 0.497 e. The Morgan fingerprint density at radius 1 is 1.16 bits per heavy atom. The Labute approximate surface area is 115 Å². The Morgan fingerprint density at radius 2 is 1.95 bits per heavy atom. The third kappa shape index (κ3) is 4.11. The van der Waals surface area contributed by atoms with Crippen molar-refractivity contribution in [1.82, 2.24) is 5.48 Å². The summed E-state index contributed by atoms with van der Waals surface area (Å²) < 4.78 is 10.5. The van der Waals surface area contributed by atoms with Crippen LogP contribution in [0.5, 0.6) is 11.5 Å². The van der Waals surface area contributed by atoms with Crippen LogP contribution in [0.1, 0.15) is 31.2 Å². The van der Waals surface area contributed by atoms with Gasteiger partial charge in [0.05, 0.1) is 20.8 Å². The van der Waals surface area contributed by atoms with Crippen LogP contribution in [0.3, 0.4) is 0 Å². The van der Waals surface area contributed by atoms with Gasteiger partial charge in [-0.1, -0.05) is 12.8 Å². The molecule has 0 radical (unpaired) electrons. The minimum absolute atomic E-state index is 0.500. The SMILES string of the molecule is COc1ccc(CONCC2CCCC2)c(OC)c1. The molecule has 0 bridgehead atoms. The van der Waals surface area contributed by atoms with Gasteiger partial charge in [-0.3, -0.25) is 4.84 Å². The number of hydrogen-bond donors (Lipinski definition) is 1. The molecule has 1 aromatic carbocycles. The van der Waals surface area contributed by atoms with E-state index < -0.39 is 0 Å². The minimum atomic E-state index is 0.500. The lowest BCUT2D eigenvalue weighted by Crippen LogP contribution is -2.21. The van der Waals surface area contributed by atoms with Gasteiger partial charge < -0.3 is 9.47 Å². The van der Waals surface area contributed by atoms with E-state index in [-0.39, 0.29) is 0 Å². The molecule has 0 unspecified atom stereocenters. The number of benzene rings is 1. The van der Waals surface area contributed by atoms with Gasteiger partial charge in [-0.05, 0) is 30.9 Å². The van der Waals surface area contributed by atoms with E-state index in [0.29, 0.717) is 6.61 Å². The summed E-state index contributed by atoms with van der Waals surface area (Å²) in [5.41, 5.74) is 4.08. The van der Waals surface area contributed by atoms with Crippen molar-refractivity contribution in [2.24, 2.45) is 5.92 Å². The van der Waals surface area contributed by atoms with Gasteiger partial charge in [-0.15, -0.1) is 0 Å². The second-order valence-corrected chi connectivity index (χ2v) is 4.97. The van der Waals surface area contributed by atoms with Crippen LogP contribution in [0, 0.1) is 5.92 Å². The minimum Gasteiger partial charge on any atom is -0.497 e. The molecule has 1 aliphatic rings. The fourth-order valence-corrected chi connectivity index (χ4v) is 2.49. The van der Waals surface area contributed by atoms with Crippen LogP contribution >= 0.6 is 0 Å². The zero-order valence-corrected chi connectivity index (χ0v) is 11.8. The molecule has 2 rings (SSSR count). The van der Waals surface area contributed by atoms with Crippen LogP contribution in [0.2, 0.25) is 0 Å². The van der Waals surface area contributed by atoms with E-state index in [2.05, 4.69) is 5.48 Å². The average molecular weight is 265 g/mol. The van der Waals surface area contributed by atoms with Gasteiger partial charge in [-0.25, -0.2) is 5.48 Å². The zero-order chi connectivity index (χ0) is 13.5. The summed E-state index contributed by atoms with van der Waals surface area (Å²) in [6.45, 7) is 1.44. The fraction of sp³-hybridized carbons (Fsp3) is 0.600. The van der Waals surface area contributed by atoms with Gasteiger partial charge in [-0.2, -0.15) is 0 Å². The van der Waals surface area contributed by atoms with Crippen molar-refractivity contribution in [3.05, 3.63) is 23.8 Å². The summed E-state index contributed by atoms with van der Waals surface area (Å²) in [4.78, 5) is 5.53. The average Bonchev–Trinajstić information content (AvgIpc) is 2.96. The molecule has 0 spiro atoms. The summed E-state index contributed by atoms with van der Waals surface area (Å²) in [7, 11) is 3.30. The van der Waals surface area contributed by atoms with Crippen LogP contribution in [-0.4, -0.2) is 20.8 Å². The van der Waals surface area contributed by atoms with Gasteiger partial charge in [0.25, 0.3) is 0 Å². The summed E-state index contributed by atoms with van der Waals surface area (Å²) in [5, 5.41) is 0. The highest BCUT2D eigenvalue weighted by atomic mass is 16.6. The second-order valence-electron chi connectivity index (χ2n) is 4.97. The second kappa shape index (κ2) is 7.36. The topological polar surface area (TPSA) is 39.7 Å². The quantitative estimate of drug-likeness (QED) is 0.608. The highest BCUT2D eigenvalue weighted by Crippen LogP contribution is 2.25. The van der Waals surface area contributed by atoms with Crippen LogP contribution < -0.4 is 15.0 Å². The molecule has 106 valence electrons. The van der Waals surface area contributed by atoms with E-state index >= 15 is 0 Å². The standard InChI is InChI=1S/C15H23NO3/c1-17-14-8-7-13(15(9-14)18-2)11-19-16-10-12-5-3-4-6-12/h7-9,12,16H,3-6,10-11H2,1-2H3. The van der Waals surface area contributed by atoms with Crippen molar-refractivity contribution in [1.29, 1.82) is 0 Å². The fourth-order valence-electron chi connectivity index (χ4n) is 2.49. The van der Waals surface area contributed by atoms with E-state index in [1.165, 1.54) is 25.7 Å². The summed E-state index contributed by atoms with van der Waals surface area (Å²) in [6, 6.07) is 5.75. The zero-order valence-electron chi connectivity index (χ0n) is 11.8. The Hall–Kier alpha value is -1.26. The third-order valence-electron chi connectivity index (χ3n) is 3.67.